The second-order valence-corrected chi connectivity index (χ2v) is 4.55. The number of hydrogen-bond donors (Lipinski definition) is 2. The van der Waals surface area contributed by atoms with E-state index in [0.717, 1.165) is 19.4 Å². The number of rotatable bonds is 4. The Hall–Kier alpha value is -1.10. The third-order valence-corrected chi connectivity index (χ3v) is 3.11. The van der Waals surface area contributed by atoms with E-state index >= 15 is 0 Å². The minimum Gasteiger partial charge on any atom is -0.480 e. The zero-order chi connectivity index (χ0) is 12.2. The van der Waals surface area contributed by atoms with Crippen molar-refractivity contribution in [3.63, 3.8) is 0 Å². The van der Waals surface area contributed by atoms with Gasteiger partial charge >= 0.3 is 5.97 Å². The topological polar surface area (TPSA) is 69.6 Å². The average Bonchev–Trinajstić information content (AvgIpc) is 2.25. The third-order valence-electron chi connectivity index (χ3n) is 3.11. The van der Waals surface area contributed by atoms with Crippen LogP contribution in [0.4, 0.5) is 0 Å². The van der Waals surface area contributed by atoms with Gasteiger partial charge in [-0.1, -0.05) is 0 Å². The number of carboxylic acids is 1. The maximum Gasteiger partial charge on any atom is 0.323 e. The van der Waals surface area contributed by atoms with Crippen molar-refractivity contribution in [2.24, 2.45) is 5.41 Å². The largest absolute Gasteiger partial charge is 0.480 e. The first-order valence-electron chi connectivity index (χ1n) is 5.71. The second kappa shape index (κ2) is 5.30. The molecule has 0 aliphatic carbocycles. The summed E-state index contributed by atoms with van der Waals surface area (Å²) in [5.74, 6) is -1.01. The van der Waals surface area contributed by atoms with Gasteiger partial charge in [0.15, 0.2) is 0 Å². The summed E-state index contributed by atoms with van der Waals surface area (Å²) in [6.45, 7) is 5.54. The molecule has 92 valence electrons. The summed E-state index contributed by atoms with van der Waals surface area (Å²) in [6, 6.07) is 0. The Bertz CT molecular complexity index is 272. The van der Waals surface area contributed by atoms with Crippen molar-refractivity contribution in [2.75, 3.05) is 26.2 Å². The fourth-order valence-electron chi connectivity index (χ4n) is 2.11. The first-order valence-corrected chi connectivity index (χ1v) is 5.71. The van der Waals surface area contributed by atoms with E-state index in [1.54, 1.807) is 6.92 Å². The molecule has 5 nitrogen and oxygen atoms in total. The molecular weight excluding hydrogens is 208 g/mol. The van der Waals surface area contributed by atoms with Crippen molar-refractivity contribution in [1.29, 1.82) is 0 Å². The number of carbonyl (C=O) groups is 2. The number of nitrogens with zero attached hydrogens (tertiary/aromatic N) is 1. The Kier molecular flexibility index (Phi) is 4.29. The molecule has 1 aliphatic rings. The van der Waals surface area contributed by atoms with Gasteiger partial charge in [-0.3, -0.25) is 9.59 Å². The van der Waals surface area contributed by atoms with E-state index < -0.39 is 11.4 Å². The molecule has 0 bridgehead atoms. The fourth-order valence-corrected chi connectivity index (χ4v) is 2.11. The highest BCUT2D eigenvalue weighted by atomic mass is 16.4. The van der Waals surface area contributed by atoms with E-state index in [9.17, 15) is 9.59 Å². The number of carboxylic acid groups (broad SMARTS) is 1. The van der Waals surface area contributed by atoms with Crippen molar-refractivity contribution in [2.45, 2.75) is 26.7 Å². The lowest BCUT2D eigenvalue weighted by atomic mass is 9.81. The number of carbonyl (C=O) groups excluding carboxylic acids is 1. The summed E-state index contributed by atoms with van der Waals surface area (Å²) in [4.78, 5) is 24.3. The van der Waals surface area contributed by atoms with E-state index in [1.165, 1.54) is 4.90 Å². The molecule has 0 spiro atoms. The highest BCUT2D eigenvalue weighted by molar-refractivity contribution is 5.86. The molecule has 0 aromatic rings. The second-order valence-electron chi connectivity index (χ2n) is 4.55. The molecule has 1 heterocycles. The van der Waals surface area contributed by atoms with Gasteiger partial charge in [0, 0.05) is 13.1 Å². The summed E-state index contributed by atoms with van der Waals surface area (Å²) in [5, 5.41) is 11.9. The molecule has 1 amide bonds. The molecule has 1 atom stereocenters. The Morgan fingerprint density at radius 2 is 2.19 bits per heavy atom. The molecule has 5 heteroatoms. The molecule has 0 aromatic heterocycles. The van der Waals surface area contributed by atoms with Gasteiger partial charge in [0.1, 0.15) is 6.54 Å². The Labute approximate surface area is 95.8 Å². The predicted octanol–water partition coefficient (Wildman–Crippen LogP) is 0.309. The zero-order valence-corrected chi connectivity index (χ0v) is 9.95. The lowest BCUT2D eigenvalue weighted by molar-refractivity contribution is -0.149. The summed E-state index contributed by atoms with van der Waals surface area (Å²) in [5.41, 5.74) is -0.441. The molecule has 1 aliphatic heterocycles. The van der Waals surface area contributed by atoms with Crippen LogP contribution in [0.3, 0.4) is 0 Å². The molecule has 0 aromatic carbocycles. The van der Waals surface area contributed by atoms with Gasteiger partial charge in [0.2, 0.25) is 5.91 Å². The average molecular weight is 228 g/mol. The summed E-state index contributed by atoms with van der Waals surface area (Å²) in [7, 11) is 0. The van der Waals surface area contributed by atoms with Gasteiger partial charge in [0.05, 0.1) is 5.41 Å². The van der Waals surface area contributed by atoms with Crippen LogP contribution in [0.2, 0.25) is 0 Å². The maximum atomic E-state index is 12.2. The van der Waals surface area contributed by atoms with Crippen LogP contribution in [0.5, 0.6) is 0 Å². The van der Waals surface area contributed by atoms with Crippen LogP contribution in [0.15, 0.2) is 0 Å². The summed E-state index contributed by atoms with van der Waals surface area (Å²) in [6.07, 6.45) is 1.79. The van der Waals surface area contributed by atoms with Crippen LogP contribution in [-0.2, 0) is 9.59 Å². The normalized spacial score (nSPS) is 25.1. The number of hydrogen-bond acceptors (Lipinski definition) is 3. The molecule has 2 N–H and O–H groups in total. The molecule has 1 rings (SSSR count). The lowest BCUT2D eigenvalue weighted by Gasteiger charge is -2.36. The Morgan fingerprint density at radius 3 is 2.62 bits per heavy atom. The minimum absolute atomic E-state index is 0.0513. The molecule has 0 radical (unpaired) electrons. The molecule has 1 saturated heterocycles. The minimum atomic E-state index is -0.956. The molecular formula is C11H20N2O3. The van der Waals surface area contributed by atoms with Gasteiger partial charge in [0.25, 0.3) is 0 Å². The smallest absolute Gasteiger partial charge is 0.323 e. The quantitative estimate of drug-likeness (QED) is 0.726. The Balaban J connectivity index is 2.68. The van der Waals surface area contributed by atoms with Gasteiger partial charge in [-0.25, -0.2) is 0 Å². The number of amides is 1. The van der Waals surface area contributed by atoms with E-state index in [1.807, 2.05) is 6.92 Å². The van der Waals surface area contributed by atoms with Crippen LogP contribution in [0.25, 0.3) is 0 Å². The van der Waals surface area contributed by atoms with Crippen molar-refractivity contribution in [3.8, 4) is 0 Å². The predicted molar refractivity (Wildman–Crippen MR) is 60.1 cm³/mol. The number of likely N-dealkylation sites (N-methyl/N-ethyl adjacent to an activating group) is 1. The van der Waals surface area contributed by atoms with E-state index in [2.05, 4.69) is 5.32 Å². The highest BCUT2D eigenvalue weighted by Crippen LogP contribution is 2.27. The van der Waals surface area contributed by atoms with E-state index in [0.29, 0.717) is 13.1 Å². The van der Waals surface area contributed by atoms with Crippen molar-refractivity contribution >= 4 is 11.9 Å². The van der Waals surface area contributed by atoms with Crippen molar-refractivity contribution in [3.05, 3.63) is 0 Å². The number of aliphatic carboxylic acids is 1. The van der Waals surface area contributed by atoms with Gasteiger partial charge in [-0.2, -0.15) is 0 Å². The van der Waals surface area contributed by atoms with Crippen LogP contribution in [0, 0.1) is 5.41 Å². The molecule has 16 heavy (non-hydrogen) atoms. The maximum absolute atomic E-state index is 12.2. The monoisotopic (exact) mass is 228 g/mol. The van der Waals surface area contributed by atoms with Gasteiger partial charge < -0.3 is 15.3 Å². The number of nitrogens with one attached hydrogen (secondary N) is 1. The van der Waals surface area contributed by atoms with Crippen LogP contribution < -0.4 is 5.32 Å². The number of piperidine rings is 1. The van der Waals surface area contributed by atoms with E-state index in [-0.39, 0.29) is 12.5 Å². The lowest BCUT2D eigenvalue weighted by Crippen LogP contribution is -2.51. The molecule has 1 fully saturated rings. The zero-order valence-electron chi connectivity index (χ0n) is 9.95. The van der Waals surface area contributed by atoms with Gasteiger partial charge in [-0.15, -0.1) is 0 Å². The summed E-state index contributed by atoms with van der Waals surface area (Å²) < 4.78 is 0. The van der Waals surface area contributed by atoms with Crippen LogP contribution >= 0.6 is 0 Å². The van der Waals surface area contributed by atoms with Gasteiger partial charge in [-0.05, 0) is 33.2 Å². The SMILES string of the molecule is CCN(CC(=O)O)C(=O)C1(C)CCCNC1. The summed E-state index contributed by atoms with van der Waals surface area (Å²) >= 11 is 0. The van der Waals surface area contributed by atoms with Crippen LogP contribution in [0.1, 0.15) is 26.7 Å². The first-order chi connectivity index (χ1) is 7.49. The molecule has 1 unspecified atom stereocenters. The van der Waals surface area contributed by atoms with Crippen molar-refractivity contribution < 1.29 is 14.7 Å². The molecule has 0 saturated carbocycles. The van der Waals surface area contributed by atoms with Crippen molar-refractivity contribution in [1.82, 2.24) is 10.2 Å². The first kappa shape index (κ1) is 13.0. The van der Waals surface area contributed by atoms with Crippen LogP contribution in [-0.4, -0.2) is 48.1 Å². The fraction of sp³-hybridized carbons (Fsp3) is 0.818. The standard InChI is InChI=1S/C11H20N2O3/c1-3-13(7-9(14)15)10(16)11(2)5-4-6-12-8-11/h12H,3-8H2,1-2H3,(H,14,15). The third kappa shape index (κ3) is 2.95. The van der Waals surface area contributed by atoms with E-state index in [4.69, 9.17) is 5.11 Å². The highest BCUT2D eigenvalue weighted by Gasteiger charge is 2.37. The Morgan fingerprint density at radius 1 is 1.50 bits per heavy atom.